The van der Waals surface area contributed by atoms with Crippen LogP contribution < -0.4 is 24.7 Å². The number of benzene rings is 1. The highest BCUT2D eigenvalue weighted by Gasteiger charge is 2.42. The minimum atomic E-state index is -1.50. The van der Waals surface area contributed by atoms with E-state index in [0.29, 0.717) is 16.9 Å². The summed E-state index contributed by atoms with van der Waals surface area (Å²) in [6.45, 7) is 8.86. The summed E-state index contributed by atoms with van der Waals surface area (Å²) in [5.74, 6) is 0.0370. The number of nitrogens with one attached hydrogen (secondary N) is 1. The molecule has 0 bridgehead atoms. The van der Waals surface area contributed by atoms with E-state index >= 15 is 0 Å². The number of aromatic nitrogens is 1. The Balaban J connectivity index is 1.79. The second-order valence-corrected chi connectivity index (χ2v) is 12.9. The van der Waals surface area contributed by atoms with Crippen molar-refractivity contribution >= 4 is 34.3 Å². The number of Topliss-reactive ketones (excluding diaryl/α,β-unsaturated/α-hetero) is 1. The predicted molar refractivity (Wildman–Crippen MR) is 144 cm³/mol. The van der Waals surface area contributed by atoms with Crippen LogP contribution in [0, 0.1) is 0 Å². The van der Waals surface area contributed by atoms with E-state index in [4.69, 9.17) is 31.5 Å². The lowest BCUT2D eigenvalue weighted by Crippen LogP contribution is -2.47. The molecule has 1 aliphatic heterocycles. The SMILES string of the molecule is COc1cc(C(=O)CCC(C)(O)c2cc3c(c(Cl)n2)OCC3(C)NS(=O)C(C)(C)C)ccc1OCC(N)=O. The van der Waals surface area contributed by atoms with Gasteiger partial charge in [-0.25, -0.2) is 13.9 Å². The molecule has 38 heavy (non-hydrogen) atoms. The lowest BCUT2D eigenvalue weighted by molar-refractivity contribution is -0.119. The molecule has 0 spiro atoms. The molecule has 1 amide bonds. The van der Waals surface area contributed by atoms with Crippen LogP contribution >= 0.6 is 11.6 Å². The normalized spacial score (nSPS) is 19.2. The first-order valence-corrected chi connectivity index (χ1v) is 13.5. The van der Waals surface area contributed by atoms with Crippen molar-refractivity contribution in [1.82, 2.24) is 9.71 Å². The number of pyridine rings is 1. The molecule has 0 radical (unpaired) electrons. The van der Waals surface area contributed by atoms with Gasteiger partial charge in [0, 0.05) is 17.5 Å². The average Bonchev–Trinajstić information content (AvgIpc) is 3.17. The maximum atomic E-state index is 12.9. The van der Waals surface area contributed by atoms with Crippen LogP contribution in [-0.2, 0) is 26.9 Å². The number of ketones is 1. The number of hydrogen-bond donors (Lipinski definition) is 3. The minimum Gasteiger partial charge on any atom is -0.493 e. The van der Waals surface area contributed by atoms with Gasteiger partial charge >= 0.3 is 0 Å². The summed E-state index contributed by atoms with van der Waals surface area (Å²) in [7, 11) is 0.0247. The highest BCUT2D eigenvalue weighted by molar-refractivity contribution is 7.84. The average molecular weight is 568 g/mol. The number of primary amides is 1. The largest absolute Gasteiger partial charge is 0.493 e. The van der Waals surface area contributed by atoms with Crippen molar-refractivity contribution in [2.75, 3.05) is 20.3 Å². The number of halogens is 1. The van der Waals surface area contributed by atoms with Gasteiger partial charge in [-0.2, -0.15) is 0 Å². The Kier molecular flexibility index (Phi) is 8.77. The molecular weight excluding hydrogens is 534 g/mol. The summed E-state index contributed by atoms with van der Waals surface area (Å²) in [6.07, 6.45) is 0.0448. The van der Waals surface area contributed by atoms with E-state index in [1.165, 1.54) is 19.2 Å². The molecule has 0 fully saturated rings. The number of amides is 1. The van der Waals surface area contributed by atoms with Gasteiger partial charge in [0.1, 0.15) is 12.2 Å². The van der Waals surface area contributed by atoms with Gasteiger partial charge in [-0.05, 0) is 65.3 Å². The molecular formula is C26H34ClN3O7S. The Morgan fingerprint density at radius 3 is 2.55 bits per heavy atom. The fourth-order valence-corrected chi connectivity index (χ4v) is 4.93. The van der Waals surface area contributed by atoms with Gasteiger partial charge in [0.25, 0.3) is 5.91 Å². The molecule has 2 aromatic rings. The van der Waals surface area contributed by atoms with Crippen LogP contribution in [0.15, 0.2) is 24.3 Å². The highest BCUT2D eigenvalue weighted by atomic mass is 35.5. The number of hydrogen-bond acceptors (Lipinski definition) is 8. The van der Waals surface area contributed by atoms with Crippen molar-refractivity contribution in [1.29, 1.82) is 0 Å². The molecule has 4 N–H and O–H groups in total. The number of carbonyl (C=O) groups is 2. The van der Waals surface area contributed by atoms with Crippen molar-refractivity contribution in [3.8, 4) is 17.2 Å². The Labute approximate surface area is 229 Å². The van der Waals surface area contributed by atoms with Crippen LogP contribution in [0.3, 0.4) is 0 Å². The zero-order valence-electron chi connectivity index (χ0n) is 22.3. The van der Waals surface area contributed by atoms with Crippen molar-refractivity contribution in [2.45, 2.75) is 63.3 Å². The Hall–Kier alpha value is -2.73. The van der Waals surface area contributed by atoms with Gasteiger partial charge in [-0.1, -0.05) is 11.6 Å². The fourth-order valence-electron chi connectivity index (χ4n) is 3.80. The lowest BCUT2D eigenvalue weighted by atomic mass is 9.89. The highest BCUT2D eigenvalue weighted by Crippen LogP contribution is 2.43. The van der Waals surface area contributed by atoms with Crippen LogP contribution in [0.1, 0.15) is 69.1 Å². The summed E-state index contributed by atoms with van der Waals surface area (Å²) in [4.78, 5) is 28.3. The topological polar surface area (TPSA) is 150 Å². The summed E-state index contributed by atoms with van der Waals surface area (Å²) in [6, 6.07) is 6.25. The number of nitrogens with zero attached hydrogens (tertiary/aromatic N) is 1. The Bertz CT molecular complexity index is 1260. The molecule has 1 aromatic carbocycles. The quantitative estimate of drug-likeness (QED) is 0.277. The predicted octanol–water partition coefficient (Wildman–Crippen LogP) is 3.14. The lowest BCUT2D eigenvalue weighted by Gasteiger charge is -2.30. The maximum absolute atomic E-state index is 12.9. The molecule has 10 nitrogen and oxygen atoms in total. The summed E-state index contributed by atoms with van der Waals surface area (Å²) >= 11 is 6.41. The van der Waals surface area contributed by atoms with E-state index in [2.05, 4.69) is 9.71 Å². The molecule has 2 heterocycles. The van der Waals surface area contributed by atoms with E-state index in [9.17, 15) is 18.9 Å². The molecule has 1 aliphatic rings. The third kappa shape index (κ3) is 6.63. The molecule has 3 unspecified atom stereocenters. The van der Waals surface area contributed by atoms with E-state index in [-0.39, 0.29) is 54.2 Å². The second-order valence-electron chi connectivity index (χ2n) is 10.6. The van der Waals surface area contributed by atoms with Crippen LogP contribution in [0.4, 0.5) is 0 Å². The van der Waals surface area contributed by atoms with Crippen LogP contribution in [0.2, 0.25) is 5.15 Å². The van der Waals surface area contributed by atoms with Gasteiger partial charge in [0.15, 0.2) is 34.8 Å². The monoisotopic (exact) mass is 567 g/mol. The van der Waals surface area contributed by atoms with Crippen molar-refractivity contribution < 1.29 is 33.1 Å². The van der Waals surface area contributed by atoms with Crippen molar-refractivity contribution in [2.24, 2.45) is 5.73 Å². The van der Waals surface area contributed by atoms with Crippen LogP contribution in [-0.4, -0.2) is 51.1 Å². The number of nitrogens with two attached hydrogens (primary N) is 1. The number of fused-ring (bicyclic) bond motifs is 1. The molecule has 3 rings (SSSR count). The van der Waals surface area contributed by atoms with E-state index < -0.39 is 32.8 Å². The molecule has 0 saturated heterocycles. The number of ether oxygens (including phenoxy) is 3. The number of rotatable bonds is 11. The van der Waals surface area contributed by atoms with Crippen LogP contribution in [0.5, 0.6) is 17.2 Å². The van der Waals surface area contributed by atoms with Crippen molar-refractivity contribution in [3.05, 3.63) is 46.2 Å². The second kappa shape index (κ2) is 11.2. The first-order valence-electron chi connectivity index (χ1n) is 12.0. The van der Waals surface area contributed by atoms with Crippen molar-refractivity contribution in [3.63, 3.8) is 0 Å². The van der Waals surface area contributed by atoms with Crippen LogP contribution in [0.25, 0.3) is 0 Å². The molecule has 208 valence electrons. The zero-order chi connectivity index (χ0) is 28.5. The number of methoxy groups -OCH3 is 1. The molecule has 1 aromatic heterocycles. The first-order chi connectivity index (χ1) is 17.6. The third-order valence-corrected chi connectivity index (χ3v) is 8.16. The first kappa shape index (κ1) is 29.8. The van der Waals surface area contributed by atoms with E-state index in [0.717, 1.165) is 0 Å². The van der Waals surface area contributed by atoms with E-state index in [1.807, 2.05) is 27.7 Å². The standard InChI is InChI=1S/C26H34ClN3O7S/c1-24(2,3)38(34)30-25(4)14-37-22-16(25)12-20(29-23(22)27)26(5,33)10-9-17(31)15-7-8-18(19(11-15)35-6)36-13-21(28)32/h7-8,11-12,30,33H,9-10,13-14H2,1-6H3,(H2,28,32). The Morgan fingerprint density at radius 2 is 1.95 bits per heavy atom. The van der Waals surface area contributed by atoms with Gasteiger partial charge in [-0.15, -0.1) is 0 Å². The summed E-state index contributed by atoms with van der Waals surface area (Å²) in [5, 5.41) is 11.4. The fraction of sp³-hybridized carbons (Fsp3) is 0.500. The molecule has 3 atom stereocenters. The molecule has 0 saturated carbocycles. The van der Waals surface area contributed by atoms with E-state index in [1.54, 1.807) is 19.1 Å². The minimum absolute atomic E-state index is 0.00587. The summed E-state index contributed by atoms with van der Waals surface area (Å²) in [5.41, 5.74) is 4.03. The van der Waals surface area contributed by atoms with Gasteiger partial charge < -0.3 is 25.1 Å². The summed E-state index contributed by atoms with van der Waals surface area (Å²) < 4.78 is 31.8. The number of aliphatic hydroxyl groups is 1. The molecule has 12 heteroatoms. The van der Waals surface area contributed by atoms with Gasteiger partial charge in [0.2, 0.25) is 0 Å². The maximum Gasteiger partial charge on any atom is 0.255 e. The third-order valence-electron chi connectivity index (χ3n) is 6.15. The van der Waals surface area contributed by atoms with Gasteiger partial charge in [0.05, 0.1) is 34.1 Å². The smallest absolute Gasteiger partial charge is 0.255 e. The van der Waals surface area contributed by atoms with Gasteiger partial charge in [-0.3, -0.25) is 9.59 Å². The number of carbonyl (C=O) groups excluding carboxylic acids is 2. The molecule has 0 aliphatic carbocycles. The Morgan fingerprint density at radius 1 is 1.26 bits per heavy atom. The zero-order valence-corrected chi connectivity index (χ0v) is 23.9.